The van der Waals surface area contributed by atoms with E-state index in [0.717, 1.165) is 0 Å². The fourth-order valence-electron chi connectivity index (χ4n) is 2.56. The minimum atomic E-state index is -1.08. The second-order valence-electron chi connectivity index (χ2n) is 4.60. The maximum atomic E-state index is 12.0. The minimum absolute atomic E-state index is 0.317. The van der Waals surface area contributed by atoms with E-state index in [1.165, 1.54) is 27.5 Å². The highest BCUT2D eigenvalue weighted by Crippen LogP contribution is 2.52. The van der Waals surface area contributed by atoms with Gasteiger partial charge in [-0.15, -0.1) is 16.9 Å². The van der Waals surface area contributed by atoms with Crippen LogP contribution in [0.25, 0.3) is 0 Å². The molecule has 3 unspecified atom stereocenters. The van der Waals surface area contributed by atoms with E-state index in [2.05, 4.69) is 10.3 Å². The van der Waals surface area contributed by atoms with Crippen molar-refractivity contribution in [1.29, 1.82) is 0 Å². The van der Waals surface area contributed by atoms with Gasteiger partial charge in [0.05, 0.1) is 23.6 Å². The Morgan fingerprint density at radius 2 is 2.26 bits per heavy atom. The number of amides is 1. The van der Waals surface area contributed by atoms with Gasteiger partial charge in [0, 0.05) is 6.20 Å². The molecule has 3 rings (SSSR count). The van der Waals surface area contributed by atoms with E-state index in [0.29, 0.717) is 0 Å². The summed E-state index contributed by atoms with van der Waals surface area (Å²) < 4.78 is 1.44. The maximum absolute atomic E-state index is 12.0. The Morgan fingerprint density at radius 1 is 1.53 bits per heavy atom. The molecule has 3 heterocycles. The highest BCUT2D eigenvalue weighted by Gasteiger charge is 2.62. The van der Waals surface area contributed by atoms with Crippen molar-refractivity contribution in [2.75, 3.05) is 0 Å². The summed E-state index contributed by atoms with van der Waals surface area (Å²) in [6, 6.07) is -0.973. The summed E-state index contributed by atoms with van der Waals surface area (Å²) in [4.78, 5) is 24.7. The molecule has 2 fully saturated rings. The Morgan fingerprint density at radius 3 is 2.79 bits per heavy atom. The van der Waals surface area contributed by atoms with E-state index in [4.69, 9.17) is 0 Å². The Kier molecular flexibility index (Phi) is 2.75. The van der Waals surface area contributed by atoms with Crippen molar-refractivity contribution in [3.63, 3.8) is 0 Å². The van der Waals surface area contributed by atoms with Gasteiger partial charge >= 0.3 is 5.97 Å². The number of carboxylic acid groups (broad SMARTS) is 1. The van der Waals surface area contributed by atoms with Crippen LogP contribution in [0.4, 0.5) is 0 Å². The molecule has 1 amide bonds. The summed E-state index contributed by atoms with van der Waals surface area (Å²) in [5.41, 5.74) is 0. The first-order valence-electron chi connectivity index (χ1n) is 5.76. The largest absolute Gasteiger partial charge is 0.480 e. The minimum Gasteiger partial charge on any atom is -0.480 e. The molecule has 9 heteroatoms. The van der Waals surface area contributed by atoms with Crippen LogP contribution in [-0.4, -0.2) is 59.5 Å². The number of hydrogen-bond acceptors (Lipinski definition) is 6. The summed E-state index contributed by atoms with van der Waals surface area (Å²) in [6.45, 7) is 1.54. The van der Waals surface area contributed by atoms with E-state index in [9.17, 15) is 19.8 Å². The van der Waals surface area contributed by atoms with Crippen molar-refractivity contribution < 1.29 is 19.8 Å². The lowest BCUT2D eigenvalue weighted by Gasteiger charge is -2.44. The normalized spacial score (nSPS) is 34.8. The van der Waals surface area contributed by atoms with Gasteiger partial charge in [0.25, 0.3) is 0 Å². The summed E-state index contributed by atoms with van der Waals surface area (Å²) in [5.74, 6) is -1.93. The molecule has 0 aliphatic carbocycles. The molecule has 0 radical (unpaired) electrons. The third kappa shape index (κ3) is 1.65. The standard InChI is InChI=1S/C10H12N4O4S/c1-4(15)5-7(16)14-6(10(17)18)9(19-8(5)14)13-3-2-11-12-13/h2-6,8-9,15H,1H3,(H,17,18)/t4?,5-,6?,8+,9?/m0/s1. The van der Waals surface area contributed by atoms with Crippen molar-refractivity contribution in [2.45, 2.75) is 29.8 Å². The second kappa shape index (κ2) is 4.20. The van der Waals surface area contributed by atoms with Crippen molar-refractivity contribution >= 4 is 23.6 Å². The average Bonchev–Trinajstić information content (AvgIpc) is 2.92. The molecule has 2 aliphatic heterocycles. The SMILES string of the molecule is CC(O)[C@H]1C(=O)N2C(C(=O)O)C(n3ccnn3)S[C@H]12. The molecule has 0 spiro atoms. The highest BCUT2D eigenvalue weighted by molar-refractivity contribution is 8.00. The van der Waals surface area contributed by atoms with Crippen LogP contribution in [0.15, 0.2) is 12.4 Å². The summed E-state index contributed by atoms with van der Waals surface area (Å²) in [7, 11) is 0. The van der Waals surface area contributed by atoms with Gasteiger partial charge in [0.1, 0.15) is 5.37 Å². The molecule has 0 aromatic carbocycles. The maximum Gasteiger partial charge on any atom is 0.329 e. The van der Waals surface area contributed by atoms with Crippen molar-refractivity contribution in [3.05, 3.63) is 12.4 Å². The Balaban J connectivity index is 1.92. The fraction of sp³-hybridized carbons (Fsp3) is 0.600. The van der Waals surface area contributed by atoms with Gasteiger partial charge in [0.15, 0.2) is 6.04 Å². The number of thioether (sulfide) groups is 1. The number of nitrogens with zero attached hydrogens (tertiary/aromatic N) is 4. The highest BCUT2D eigenvalue weighted by atomic mass is 32.2. The summed E-state index contributed by atoms with van der Waals surface area (Å²) in [6.07, 6.45) is 2.25. The lowest BCUT2D eigenvalue weighted by atomic mass is 9.91. The number of aromatic nitrogens is 3. The summed E-state index contributed by atoms with van der Waals surface area (Å²) in [5, 5.41) is 25.5. The molecule has 102 valence electrons. The molecule has 2 aliphatic rings. The van der Waals surface area contributed by atoms with Gasteiger partial charge in [-0.25, -0.2) is 9.48 Å². The number of carbonyl (C=O) groups excluding carboxylic acids is 1. The third-order valence-electron chi connectivity index (χ3n) is 3.44. The first-order valence-corrected chi connectivity index (χ1v) is 6.71. The Labute approximate surface area is 112 Å². The van der Waals surface area contributed by atoms with Gasteiger partial charge in [-0.1, -0.05) is 5.21 Å². The number of rotatable bonds is 3. The Hall–Kier alpha value is -1.61. The van der Waals surface area contributed by atoms with Crippen molar-refractivity contribution in [2.24, 2.45) is 5.92 Å². The molecule has 1 aromatic rings. The fourth-order valence-corrected chi connectivity index (χ4v) is 4.35. The quantitative estimate of drug-likeness (QED) is 0.695. The first kappa shape index (κ1) is 12.4. The molecule has 1 aromatic heterocycles. The molecule has 2 N–H and O–H groups in total. The molecule has 5 atom stereocenters. The number of carbonyl (C=O) groups is 2. The zero-order valence-corrected chi connectivity index (χ0v) is 10.8. The lowest BCUT2D eigenvalue weighted by molar-refractivity contribution is -0.168. The van der Waals surface area contributed by atoms with Gasteiger partial charge in [0.2, 0.25) is 5.91 Å². The van der Waals surface area contributed by atoms with Crippen LogP contribution in [0.5, 0.6) is 0 Å². The number of aliphatic carboxylic acids is 1. The van der Waals surface area contributed by atoms with Gasteiger partial charge in [-0.2, -0.15) is 0 Å². The van der Waals surface area contributed by atoms with Gasteiger partial charge < -0.3 is 15.1 Å². The van der Waals surface area contributed by atoms with E-state index < -0.39 is 29.4 Å². The van der Waals surface area contributed by atoms with Crippen LogP contribution >= 0.6 is 11.8 Å². The van der Waals surface area contributed by atoms with Crippen LogP contribution in [0, 0.1) is 5.92 Å². The molecule has 0 bridgehead atoms. The molecule has 0 saturated carbocycles. The number of fused-ring (bicyclic) bond motifs is 1. The zero-order chi connectivity index (χ0) is 13.7. The van der Waals surface area contributed by atoms with Crippen LogP contribution in [-0.2, 0) is 9.59 Å². The Bertz CT molecular complexity index is 520. The third-order valence-corrected chi connectivity index (χ3v) is 5.00. The predicted octanol–water partition coefficient (Wildman–Crippen LogP) is -0.858. The monoisotopic (exact) mass is 284 g/mol. The van der Waals surface area contributed by atoms with E-state index in [1.807, 2.05) is 0 Å². The van der Waals surface area contributed by atoms with Crippen LogP contribution in [0.3, 0.4) is 0 Å². The molecular formula is C10H12N4O4S. The molecule has 19 heavy (non-hydrogen) atoms. The molecule has 2 saturated heterocycles. The first-order chi connectivity index (χ1) is 9.02. The number of hydrogen-bond donors (Lipinski definition) is 2. The van der Waals surface area contributed by atoms with E-state index in [-0.39, 0.29) is 11.3 Å². The van der Waals surface area contributed by atoms with E-state index >= 15 is 0 Å². The zero-order valence-electron chi connectivity index (χ0n) is 9.95. The molecular weight excluding hydrogens is 272 g/mol. The average molecular weight is 284 g/mol. The number of aliphatic hydroxyl groups excluding tert-OH is 1. The summed E-state index contributed by atoms with van der Waals surface area (Å²) >= 11 is 1.32. The van der Waals surface area contributed by atoms with E-state index in [1.54, 1.807) is 13.1 Å². The second-order valence-corrected chi connectivity index (χ2v) is 5.83. The van der Waals surface area contributed by atoms with Crippen LogP contribution in [0.2, 0.25) is 0 Å². The number of β-lactam (4-membered cyclic amide) rings is 1. The smallest absolute Gasteiger partial charge is 0.329 e. The van der Waals surface area contributed by atoms with Crippen molar-refractivity contribution in [3.8, 4) is 0 Å². The van der Waals surface area contributed by atoms with Gasteiger partial charge in [-0.3, -0.25) is 4.79 Å². The number of aliphatic hydroxyl groups is 1. The molecule has 8 nitrogen and oxygen atoms in total. The van der Waals surface area contributed by atoms with Crippen LogP contribution < -0.4 is 0 Å². The number of carboxylic acids is 1. The lowest BCUT2D eigenvalue weighted by Crippen LogP contribution is -2.64. The van der Waals surface area contributed by atoms with Gasteiger partial charge in [-0.05, 0) is 6.92 Å². The predicted molar refractivity (Wildman–Crippen MR) is 63.9 cm³/mol. The van der Waals surface area contributed by atoms with Crippen molar-refractivity contribution in [1.82, 2.24) is 19.9 Å². The topological polar surface area (TPSA) is 109 Å². The van der Waals surface area contributed by atoms with Crippen LogP contribution in [0.1, 0.15) is 12.3 Å².